The Labute approximate surface area is 116 Å². The third kappa shape index (κ3) is 3.91. The van der Waals surface area contributed by atoms with Gasteiger partial charge >= 0.3 is 0 Å². The zero-order valence-electron chi connectivity index (χ0n) is 12.3. The molecule has 1 aromatic heterocycles. The Bertz CT molecular complexity index is 422. The van der Waals surface area contributed by atoms with Crippen molar-refractivity contribution in [3.8, 4) is 5.75 Å². The Morgan fingerprint density at radius 2 is 2.21 bits per heavy atom. The summed E-state index contributed by atoms with van der Waals surface area (Å²) in [5.74, 6) is 0.300. The molecule has 1 aliphatic heterocycles. The van der Waals surface area contributed by atoms with E-state index in [0.29, 0.717) is 18.3 Å². The van der Waals surface area contributed by atoms with E-state index >= 15 is 0 Å². The molecule has 1 fully saturated rings. The second-order valence-electron chi connectivity index (χ2n) is 5.75. The van der Waals surface area contributed by atoms with E-state index in [4.69, 9.17) is 0 Å². The first-order valence-corrected chi connectivity index (χ1v) is 7.10. The van der Waals surface area contributed by atoms with Gasteiger partial charge in [0.15, 0.2) is 0 Å². The van der Waals surface area contributed by atoms with E-state index in [1.807, 2.05) is 13.0 Å². The maximum Gasteiger partial charge on any atom is 0.138 e. The lowest BCUT2D eigenvalue weighted by molar-refractivity contribution is 0.137. The minimum atomic E-state index is 0.300. The van der Waals surface area contributed by atoms with Crippen LogP contribution in [-0.4, -0.2) is 53.1 Å². The van der Waals surface area contributed by atoms with Gasteiger partial charge in [-0.2, -0.15) is 0 Å². The topological polar surface area (TPSA) is 39.6 Å². The van der Waals surface area contributed by atoms with Gasteiger partial charge in [0.25, 0.3) is 0 Å². The van der Waals surface area contributed by atoms with Gasteiger partial charge in [0.2, 0.25) is 0 Å². The number of pyridine rings is 1. The van der Waals surface area contributed by atoms with Crippen LogP contribution >= 0.6 is 0 Å². The Morgan fingerprint density at radius 3 is 2.95 bits per heavy atom. The summed E-state index contributed by atoms with van der Waals surface area (Å²) in [5, 5.41) is 9.84. The molecular formula is C15H25N3O. The number of likely N-dealkylation sites (N-methyl/N-ethyl adjacent to an activating group) is 2. The van der Waals surface area contributed by atoms with Crippen molar-refractivity contribution in [3.05, 3.63) is 23.5 Å². The normalized spacial score (nSPS) is 20.9. The highest BCUT2D eigenvalue weighted by Gasteiger charge is 2.20. The van der Waals surface area contributed by atoms with Crippen molar-refractivity contribution < 1.29 is 5.11 Å². The minimum absolute atomic E-state index is 0.300. The van der Waals surface area contributed by atoms with Crippen LogP contribution in [0.15, 0.2) is 12.1 Å². The van der Waals surface area contributed by atoms with E-state index in [9.17, 15) is 5.11 Å². The largest absolute Gasteiger partial charge is 0.506 e. The molecule has 1 aliphatic rings. The maximum atomic E-state index is 9.84. The number of aromatic nitrogens is 1. The summed E-state index contributed by atoms with van der Waals surface area (Å²) in [6, 6.07) is 4.21. The molecule has 19 heavy (non-hydrogen) atoms. The van der Waals surface area contributed by atoms with Crippen LogP contribution in [0.25, 0.3) is 0 Å². The second kappa shape index (κ2) is 6.35. The highest BCUT2D eigenvalue weighted by Crippen LogP contribution is 2.19. The van der Waals surface area contributed by atoms with Gasteiger partial charge < -0.3 is 10.0 Å². The van der Waals surface area contributed by atoms with Crippen LogP contribution in [0.1, 0.15) is 30.7 Å². The SMILES string of the molecule is Cc1ccc(O)c(CN(C)C[C@H]2CCCCN2C)n1. The lowest BCUT2D eigenvalue weighted by Gasteiger charge is -2.35. The molecule has 1 atom stereocenters. The summed E-state index contributed by atoms with van der Waals surface area (Å²) in [6.07, 6.45) is 3.92. The van der Waals surface area contributed by atoms with Crippen molar-refractivity contribution >= 4 is 0 Å². The Hall–Kier alpha value is -1.13. The number of aryl methyl sites for hydroxylation is 1. The molecule has 1 aromatic rings. The molecule has 0 aliphatic carbocycles. The Kier molecular flexibility index (Phi) is 4.77. The molecule has 0 bridgehead atoms. The summed E-state index contributed by atoms with van der Waals surface area (Å²) in [6.45, 7) is 4.90. The average molecular weight is 263 g/mol. The fourth-order valence-corrected chi connectivity index (χ4v) is 2.77. The van der Waals surface area contributed by atoms with Crippen LogP contribution in [0.5, 0.6) is 5.75 Å². The van der Waals surface area contributed by atoms with E-state index in [1.165, 1.54) is 25.8 Å². The van der Waals surface area contributed by atoms with Crippen molar-refractivity contribution in [3.63, 3.8) is 0 Å². The zero-order chi connectivity index (χ0) is 13.8. The van der Waals surface area contributed by atoms with E-state index < -0.39 is 0 Å². The molecule has 1 saturated heterocycles. The molecule has 1 N–H and O–H groups in total. The van der Waals surface area contributed by atoms with Gasteiger partial charge in [-0.3, -0.25) is 9.88 Å². The molecule has 2 rings (SSSR count). The quantitative estimate of drug-likeness (QED) is 0.902. The molecular weight excluding hydrogens is 238 g/mol. The van der Waals surface area contributed by atoms with Gasteiger partial charge in [0.1, 0.15) is 5.75 Å². The number of aromatic hydroxyl groups is 1. The molecule has 0 spiro atoms. The van der Waals surface area contributed by atoms with Gasteiger partial charge in [0.05, 0.1) is 5.69 Å². The number of likely N-dealkylation sites (tertiary alicyclic amines) is 1. The number of nitrogens with zero attached hydrogens (tertiary/aromatic N) is 3. The predicted molar refractivity (Wildman–Crippen MR) is 77.2 cm³/mol. The summed E-state index contributed by atoms with van der Waals surface area (Å²) in [5.41, 5.74) is 1.73. The molecule has 4 nitrogen and oxygen atoms in total. The van der Waals surface area contributed by atoms with Gasteiger partial charge in [-0.1, -0.05) is 6.42 Å². The van der Waals surface area contributed by atoms with Gasteiger partial charge in [-0.15, -0.1) is 0 Å². The van der Waals surface area contributed by atoms with Crippen molar-refractivity contribution in [1.29, 1.82) is 0 Å². The summed E-state index contributed by atoms with van der Waals surface area (Å²) in [7, 11) is 4.31. The van der Waals surface area contributed by atoms with Gasteiger partial charge in [0, 0.05) is 24.8 Å². The van der Waals surface area contributed by atoms with Crippen LogP contribution in [0.3, 0.4) is 0 Å². The molecule has 0 saturated carbocycles. The van der Waals surface area contributed by atoms with Crippen molar-refractivity contribution in [2.45, 2.75) is 38.8 Å². The van der Waals surface area contributed by atoms with Crippen molar-refractivity contribution in [1.82, 2.24) is 14.8 Å². The zero-order valence-corrected chi connectivity index (χ0v) is 12.3. The maximum absolute atomic E-state index is 9.84. The summed E-state index contributed by atoms with van der Waals surface area (Å²) in [4.78, 5) is 9.13. The number of rotatable bonds is 4. The first-order valence-electron chi connectivity index (χ1n) is 7.10. The highest BCUT2D eigenvalue weighted by atomic mass is 16.3. The summed E-state index contributed by atoms with van der Waals surface area (Å²) >= 11 is 0. The van der Waals surface area contributed by atoms with E-state index in [-0.39, 0.29) is 0 Å². The van der Waals surface area contributed by atoms with E-state index in [0.717, 1.165) is 17.9 Å². The van der Waals surface area contributed by atoms with Crippen molar-refractivity contribution in [2.75, 3.05) is 27.2 Å². The van der Waals surface area contributed by atoms with E-state index in [1.54, 1.807) is 6.07 Å². The second-order valence-corrected chi connectivity index (χ2v) is 5.75. The van der Waals surface area contributed by atoms with Crippen LogP contribution in [0, 0.1) is 6.92 Å². The van der Waals surface area contributed by atoms with Crippen LogP contribution < -0.4 is 0 Å². The lowest BCUT2D eigenvalue weighted by atomic mass is 10.0. The molecule has 0 amide bonds. The summed E-state index contributed by atoms with van der Waals surface area (Å²) < 4.78 is 0. The molecule has 106 valence electrons. The first-order chi connectivity index (χ1) is 9.06. The third-order valence-electron chi connectivity index (χ3n) is 3.95. The molecule has 2 heterocycles. The number of piperidine rings is 1. The fraction of sp³-hybridized carbons (Fsp3) is 0.667. The highest BCUT2D eigenvalue weighted by molar-refractivity contribution is 5.27. The Balaban J connectivity index is 1.93. The molecule has 0 radical (unpaired) electrons. The van der Waals surface area contributed by atoms with Crippen LogP contribution in [0.4, 0.5) is 0 Å². The van der Waals surface area contributed by atoms with Crippen LogP contribution in [-0.2, 0) is 6.54 Å². The number of hydrogen-bond donors (Lipinski definition) is 1. The first kappa shape index (κ1) is 14.3. The monoisotopic (exact) mass is 263 g/mol. The average Bonchev–Trinajstić information content (AvgIpc) is 2.37. The lowest BCUT2D eigenvalue weighted by Crippen LogP contribution is -2.43. The molecule has 4 heteroatoms. The fourth-order valence-electron chi connectivity index (χ4n) is 2.77. The predicted octanol–water partition coefficient (Wildman–Crippen LogP) is 2.01. The number of hydrogen-bond acceptors (Lipinski definition) is 4. The Morgan fingerprint density at radius 1 is 1.42 bits per heavy atom. The minimum Gasteiger partial charge on any atom is -0.506 e. The van der Waals surface area contributed by atoms with Crippen molar-refractivity contribution in [2.24, 2.45) is 0 Å². The standard InChI is InChI=1S/C15H25N3O/c1-12-7-8-15(19)14(16-12)11-17(2)10-13-6-4-5-9-18(13)3/h7-8,13,19H,4-6,9-11H2,1-3H3/t13-/m1/s1. The van der Waals surface area contributed by atoms with Gasteiger partial charge in [-0.05, 0) is 52.5 Å². The molecule has 0 unspecified atom stereocenters. The third-order valence-corrected chi connectivity index (χ3v) is 3.95. The van der Waals surface area contributed by atoms with E-state index in [2.05, 4.69) is 28.9 Å². The smallest absolute Gasteiger partial charge is 0.138 e. The molecule has 0 aromatic carbocycles. The van der Waals surface area contributed by atoms with Gasteiger partial charge in [-0.25, -0.2) is 0 Å². The van der Waals surface area contributed by atoms with Crippen LogP contribution in [0.2, 0.25) is 0 Å².